The van der Waals surface area contributed by atoms with Crippen molar-refractivity contribution in [2.75, 3.05) is 33.8 Å². The van der Waals surface area contributed by atoms with E-state index in [2.05, 4.69) is 10.6 Å². The van der Waals surface area contributed by atoms with Crippen LogP contribution in [0.1, 0.15) is 42.7 Å². The summed E-state index contributed by atoms with van der Waals surface area (Å²) in [6.07, 6.45) is 0.892. The molecule has 2 N–H and O–H groups in total. The van der Waals surface area contributed by atoms with E-state index in [0.717, 1.165) is 16.8 Å². The standard InChI is InChI=1S/C33H34N2O6/c1-19-30(33(37)35-23-11-7-9-13-27(23)39-3)31(22-10-6-8-12-26(22)38-2)32-24(34-19)16-21(17-25(32)36)20-14-15-28(40-4)29(18-20)41-5/h6-15,18,21,31,34H,16-17H2,1-5H3,(H,35,37)/t21-,31-/m0/s1. The van der Waals surface area contributed by atoms with Crippen molar-refractivity contribution in [3.8, 4) is 23.0 Å². The Morgan fingerprint density at radius 2 is 1.46 bits per heavy atom. The summed E-state index contributed by atoms with van der Waals surface area (Å²) in [7, 11) is 6.35. The van der Waals surface area contributed by atoms with E-state index in [1.54, 1.807) is 40.6 Å². The van der Waals surface area contributed by atoms with E-state index in [1.165, 1.54) is 0 Å². The number of nitrogens with one attached hydrogen (secondary N) is 2. The third-order valence-corrected chi connectivity index (χ3v) is 7.76. The van der Waals surface area contributed by atoms with Gasteiger partial charge in [0.05, 0.1) is 40.0 Å². The highest BCUT2D eigenvalue weighted by Gasteiger charge is 2.42. The van der Waals surface area contributed by atoms with Crippen LogP contribution in [-0.4, -0.2) is 40.1 Å². The molecule has 0 saturated heterocycles. The first-order valence-electron chi connectivity index (χ1n) is 13.4. The number of rotatable bonds is 8. The number of Topliss-reactive ketones (excluding diaryl/α,β-unsaturated/α-hetero) is 1. The Bertz CT molecular complexity index is 1560. The molecule has 1 heterocycles. The molecule has 1 aliphatic carbocycles. The Balaban J connectivity index is 1.58. The van der Waals surface area contributed by atoms with Crippen molar-refractivity contribution in [1.29, 1.82) is 0 Å². The summed E-state index contributed by atoms with van der Waals surface area (Å²) in [6, 6.07) is 20.5. The normalized spacial score (nSPS) is 18.3. The Labute approximate surface area is 240 Å². The number of carbonyl (C=O) groups is 2. The van der Waals surface area contributed by atoms with Crippen molar-refractivity contribution < 1.29 is 28.5 Å². The first-order chi connectivity index (χ1) is 19.9. The van der Waals surface area contributed by atoms with Crippen molar-refractivity contribution in [3.63, 3.8) is 0 Å². The van der Waals surface area contributed by atoms with Crippen LogP contribution in [0.15, 0.2) is 89.3 Å². The molecule has 1 aliphatic heterocycles. The number of allylic oxidation sites excluding steroid dienone is 3. The zero-order valence-electron chi connectivity index (χ0n) is 23.9. The van der Waals surface area contributed by atoms with Gasteiger partial charge in [-0.05, 0) is 55.2 Å². The highest BCUT2D eigenvalue weighted by molar-refractivity contribution is 6.10. The van der Waals surface area contributed by atoms with Gasteiger partial charge in [0.2, 0.25) is 0 Å². The number of amides is 1. The molecule has 5 rings (SSSR count). The molecule has 0 fully saturated rings. The molecule has 0 radical (unpaired) electrons. The first-order valence-corrected chi connectivity index (χ1v) is 13.4. The molecule has 1 amide bonds. The van der Waals surface area contributed by atoms with Crippen LogP contribution in [0.5, 0.6) is 23.0 Å². The maximum atomic E-state index is 14.0. The van der Waals surface area contributed by atoms with Gasteiger partial charge in [-0.2, -0.15) is 0 Å². The van der Waals surface area contributed by atoms with Crippen LogP contribution in [0.2, 0.25) is 0 Å². The Morgan fingerprint density at radius 3 is 2.17 bits per heavy atom. The molecule has 0 aromatic heterocycles. The van der Waals surface area contributed by atoms with E-state index >= 15 is 0 Å². The quantitative estimate of drug-likeness (QED) is 0.368. The SMILES string of the molecule is COc1ccccc1NC(=O)C1=C(C)NC2=C(C(=O)C[C@@H](c3ccc(OC)c(OC)c3)C2)[C@H]1c1ccccc1OC. The number of para-hydroxylation sites is 3. The van der Waals surface area contributed by atoms with Crippen LogP contribution in [0.25, 0.3) is 0 Å². The number of carbonyl (C=O) groups excluding carboxylic acids is 2. The smallest absolute Gasteiger partial charge is 0.254 e. The number of anilines is 1. The number of hydrogen-bond donors (Lipinski definition) is 2. The zero-order valence-corrected chi connectivity index (χ0v) is 23.9. The summed E-state index contributed by atoms with van der Waals surface area (Å²) in [5, 5.41) is 6.44. The Kier molecular flexibility index (Phi) is 8.01. The summed E-state index contributed by atoms with van der Waals surface area (Å²) in [4.78, 5) is 28.0. The molecule has 0 bridgehead atoms. The molecule has 0 unspecified atom stereocenters. The summed E-state index contributed by atoms with van der Waals surface area (Å²) >= 11 is 0. The van der Waals surface area contributed by atoms with E-state index in [9.17, 15) is 9.59 Å². The van der Waals surface area contributed by atoms with Gasteiger partial charge in [0.15, 0.2) is 17.3 Å². The lowest BCUT2D eigenvalue weighted by Gasteiger charge is -2.37. The fourth-order valence-electron chi connectivity index (χ4n) is 5.84. The fraction of sp³-hybridized carbons (Fsp3) is 0.273. The molecule has 3 aromatic rings. The van der Waals surface area contributed by atoms with Crippen molar-refractivity contribution in [1.82, 2.24) is 5.32 Å². The van der Waals surface area contributed by atoms with Gasteiger partial charge in [-0.1, -0.05) is 36.4 Å². The molecule has 3 aromatic carbocycles. The predicted molar refractivity (Wildman–Crippen MR) is 157 cm³/mol. The minimum atomic E-state index is -0.615. The third kappa shape index (κ3) is 5.25. The lowest BCUT2D eigenvalue weighted by Crippen LogP contribution is -2.37. The van der Waals surface area contributed by atoms with Gasteiger partial charge in [0.1, 0.15) is 11.5 Å². The lowest BCUT2D eigenvalue weighted by molar-refractivity contribution is -0.116. The highest BCUT2D eigenvalue weighted by Crippen LogP contribution is 2.48. The van der Waals surface area contributed by atoms with Crippen molar-refractivity contribution >= 4 is 17.4 Å². The minimum absolute atomic E-state index is 0.0236. The first kappa shape index (κ1) is 27.8. The van der Waals surface area contributed by atoms with Crippen LogP contribution in [0, 0.1) is 0 Å². The average Bonchev–Trinajstić information content (AvgIpc) is 2.99. The van der Waals surface area contributed by atoms with Crippen molar-refractivity contribution in [2.24, 2.45) is 0 Å². The van der Waals surface area contributed by atoms with Crippen LogP contribution in [-0.2, 0) is 9.59 Å². The lowest BCUT2D eigenvalue weighted by atomic mass is 9.71. The number of benzene rings is 3. The second-order valence-corrected chi connectivity index (χ2v) is 10.0. The topological polar surface area (TPSA) is 95.1 Å². The summed E-state index contributed by atoms with van der Waals surface area (Å²) < 4.78 is 22.1. The fourth-order valence-corrected chi connectivity index (χ4v) is 5.84. The molecular weight excluding hydrogens is 520 g/mol. The van der Waals surface area contributed by atoms with Crippen LogP contribution in [0.3, 0.4) is 0 Å². The monoisotopic (exact) mass is 554 g/mol. The molecule has 0 saturated carbocycles. The Hall–Kier alpha value is -4.72. The summed E-state index contributed by atoms with van der Waals surface area (Å²) in [5.41, 5.74) is 4.81. The van der Waals surface area contributed by atoms with Gasteiger partial charge in [-0.3, -0.25) is 9.59 Å². The molecule has 41 heavy (non-hydrogen) atoms. The number of dihydropyridines is 1. The highest BCUT2D eigenvalue weighted by atomic mass is 16.5. The van der Waals surface area contributed by atoms with Gasteiger partial charge in [0.25, 0.3) is 5.91 Å². The van der Waals surface area contributed by atoms with Gasteiger partial charge in [0, 0.05) is 34.5 Å². The van der Waals surface area contributed by atoms with Gasteiger partial charge in [-0.25, -0.2) is 0 Å². The van der Waals surface area contributed by atoms with Gasteiger partial charge < -0.3 is 29.6 Å². The largest absolute Gasteiger partial charge is 0.496 e. The molecule has 2 aliphatic rings. The second kappa shape index (κ2) is 11.8. The van der Waals surface area contributed by atoms with Gasteiger partial charge in [-0.15, -0.1) is 0 Å². The number of ketones is 1. The van der Waals surface area contributed by atoms with Gasteiger partial charge >= 0.3 is 0 Å². The third-order valence-electron chi connectivity index (χ3n) is 7.76. The van der Waals surface area contributed by atoms with Crippen molar-refractivity contribution in [2.45, 2.75) is 31.6 Å². The number of hydrogen-bond acceptors (Lipinski definition) is 7. The molecule has 0 spiro atoms. The second-order valence-electron chi connectivity index (χ2n) is 10.0. The molecule has 8 heteroatoms. The average molecular weight is 555 g/mol. The summed E-state index contributed by atoms with van der Waals surface area (Å²) in [6.45, 7) is 1.87. The van der Waals surface area contributed by atoms with E-state index in [0.29, 0.717) is 58.4 Å². The van der Waals surface area contributed by atoms with Crippen molar-refractivity contribution in [3.05, 3.63) is 100 Å². The Morgan fingerprint density at radius 1 is 0.805 bits per heavy atom. The van der Waals surface area contributed by atoms with E-state index < -0.39 is 5.92 Å². The number of methoxy groups -OCH3 is 4. The minimum Gasteiger partial charge on any atom is -0.496 e. The van der Waals surface area contributed by atoms with Crippen LogP contribution >= 0.6 is 0 Å². The van der Waals surface area contributed by atoms with E-state index in [-0.39, 0.29) is 17.6 Å². The zero-order chi connectivity index (χ0) is 29.1. The predicted octanol–water partition coefficient (Wildman–Crippen LogP) is 5.72. The van der Waals surface area contributed by atoms with Crippen LogP contribution in [0.4, 0.5) is 5.69 Å². The molecular formula is C33H34N2O6. The molecule has 2 atom stereocenters. The van der Waals surface area contributed by atoms with Crippen LogP contribution < -0.4 is 29.6 Å². The summed E-state index contributed by atoms with van der Waals surface area (Å²) in [5.74, 6) is 1.38. The van der Waals surface area contributed by atoms with E-state index in [1.807, 2.05) is 61.5 Å². The van der Waals surface area contributed by atoms with E-state index in [4.69, 9.17) is 18.9 Å². The molecule has 212 valence electrons. The maximum absolute atomic E-state index is 14.0. The molecule has 8 nitrogen and oxygen atoms in total. The number of ether oxygens (including phenoxy) is 4. The maximum Gasteiger partial charge on any atom is 0.254 e.